The number of carbonyl (C=O) groups is 2. The van der Waals surface area contributed by atoms with Gasteiger partial charge < -0.3 is 5.32 Å². The second-order valence-electron chi connectivity index (χ2n) is 5.66. The van der Waals surface area contributed by atoms with Crippen molar-refractivity contribution in [3.63, 3.8) is 0 Å². The van der Waals surface area contributed by atoms with Crippen LogP contribution < -0.4 is 10.6 Å². The maximum absolute atomic E-state index is 12.4. The monoisotopic (exact) mass is 339 g/mol. The fourth-order valence-corrected chi connectivity index (χ4v) is 3.30. The molecule has 0 aliphatic heterocycles. The molecule has 122 valence electrons. The van der Waals surface area contributed by atoms with Crippen LogP contribution in [0.1, 0.15) is 28.4 Å². The molecule has 3 rings (SSSR count). The van der Waals surface area contributed by atoms with Gasteiger partial charge in [0.05, 0.1) is 10.2 Å². The van der Waals surface area contributed by atoms with E-state index in [1.165, 1.54) is 18.3 Å². The minimum absolute atomic E-state index is 0.169. The Hall–Kier alpha value is -2.73. The van der Waals surface area contributed by atoms with Gasteiger partial charge in [0.2, 0.25) is 5.91 Å². The predicted molar refractivity (Wildman–Crippen MR) is 97.8 cm³/mol. The Morgan fingerprint density at radius 1 is 1.04 bits per heavy atom. The first kappa shape index (κ1) is 16.1. The molecule has 1 aromatic heterocycles. The normalized spacial score (nSPS) is 10.6. The molecule has 24 heavy (non-hydrogen) atoms. The topological polar surface area (TPSA) is 71.1 Å². The summed E-state index contributed by atoms with van der Waals surface area (Å²) in [5.41, 5.74) is 4.03. The van der Waals surface area contributed by atoms with Crippen LogP contribution in [0.2, 0.25) is 0 Å². The number of hydrogen-bond acceptors (Lipinski definition) is 4. The van der Waals surface area contributed by atoms with E-state index in [1.54, 1.807) is 12.1 Å². The van der Waals surface area contributed by atoms with Crippen LogP contribution in [0.25, 0.3) is 10.2 Å². The lowest BCUT2D eigenvalue weighted by atomic mass is 10.1. The number of thiazole rings is 1. The molecule has 2 N–H and O–H groups in total. The summed E-state index contributed by atoms with van der Waals surface area (Å²) in [7, 11) is 0. The fraction of sp³-hybridized carbons (Fsp3) is 0.167. The Bertz CT molecular complexity index is 947. The van der Waals surface area contributed by atoms with Gasteiger partial charge >= 0.3 is 0 Å². The predicted octanol–water partition coefficient (Wildman–Crippen LogP) is 4.12. The molecular formula is C18H17N3O2S. The van der Waals surface area contributed by atoms with Crippen LogP contribution in [0, 0.1) is 13.8 Å². The van der Waals surface area contributed by atoms with Gasteiger partial charge in [-0.3, -0.25) is 14.9 Å². The zero-order valence-corrected chi connectivity index (χ0v) is 14.5. The van der Waals surface area contributed by atoms with Crippen molar-refractivity contribution < 1.29 is 9.59 Å². The maximum Gasteiger partial charge on any atom is 0.257 e. The number of carbonyl (C=O) groups excluding carboxylic acids is 2. The highest BCUT2D eigenvalue weighted by molar-refractivity contribution is 7.22. The van der Waals surface area contributed by atoms with Gasteiger partial charge in [-0.1, -0.05) is 23.5 Å². The van der Waals surface area contributed by atoms with Crippen molar-refractivity contribution in [3.05, 3.63) is 53.1 Å². The molecule has 0 saturated carbocycles. The van der Waals surface area contributed by atoms with Crippen LogP contribution in [0.5, 0.6) is 0 Å². The number of aromatic nitrogens is 1. The summed E-state index contributed by atoms with van der Waals surface area (Å²) in [5, 5.41) is 6.11. The number of aryl methyl sites for hydroxylation is 2. The number of rotatable bonds is 3. The van der Waals surface area contributed by atoms with Crippen molar-refractivity contribution in [1.29, 1.82) is 0 Å². The van der Waals surface area contributed by atoms with Gasteiger partial charge in [-0.15, -0.1) is 0 Å². The average molecular weight is 339 g/mol. The Morgan fingerprint density at radius 3 is 2.58 bits per heavy atom. The molecule has 0 fully saturated rings. The van der Waals surface area contributed by atoms with E-state index in [-0.39, 0.29) is 11.8 Å². The molecule has 5 nitrogen and oxygen atoms in total. The zero-order chi connectivity index (χ0) is 17.3. The summed E-state index contributed by atoms with van der Waals surface area (Å²) in [6, 6.07) is 11.2. The largest absolute Gasteiger partial charge is 0.326 e. The molecule has 0 radical (unpaired) electrons. The average Bonchev–Trinajstić information content (AvgIpc) is 2.90. The summed E-state index contributed by atoms with van der Waals surface area (Å²) >= 11 is 1.44. The number of amides is 2. The van der Waals surface area contributed by atoms with Crippen LogP contribution in [-0.4, -0.2) is 16.8 Å². The molecule has 3 aromatic rings. The molecule has 2 aromatic carbocycles. The van der Waals surface area contributed by atoms with Crippen LogP contribution >= 0.6 is 11.3 Å². The second-order valence-corrected chi connectivity index (χ2v) is 6.69. The number of benzene rings is 2. The first-order valence-electron chi connectivity index (χ1n) is 7.49. The summed E-state index contributed by atoms with van der Waals surface area (Å²) in [6.45, 7) is 5.34. The zero-order valence-electron chi connectivity index (χ0n) is 13.6. The van der Waals surface area contributed by atoms with E-state index in [9.17, 15) is 9.59 Å². The molecular weight excluding hydrogens is 322 g/mol. The van der Waals surface area contributed by atoms with E-state index in [0.29, 0.717) is 16.4 Å². The van der Waals surface area contributed by atoms with E-state index in [1.807, 2.05) is 38.1 Å². The number of nitrogens with zero attached hydrogens (tertiary/aromatic N) is 1. The first-order valence-corrected chi connectivity index (χ1v) is 8.31. The highest BCUT2D eigenvalue weighted by Crippen LogP contribution is 2.27. The Kier molecular flexibility index (Phi) is 4.31. The second kappa shape index (κ2) is 6.41. The highest BCUT2D eigenvalue weighted by Gasteiger charge is 2.12. The third-order valence-corrected chi connectivity index (χ3v) is 4.51. The first-order chi connectivity index (χ1) is 11.4. The van der Waals surface area contributed by atoms with Crippen molar-refractivity contribution in [2.75, 3.05) is 10.6 Å². The maximum atomic E-state index is 12.4. The minimum atomic E-state index is -0.252. The van der Waals surface area contributed by atoms with Gasteiger partial charge in [0, 0.05) is 18.2 Å². The van der Waals surface area contributed by atoms with Crippen molar-refractivity contribution in [1.82, 2.24) is 4.98 Å². The molecule has 1 heterocycles. The van der Waals surface area contributed by atoms with Gasteiger partial charge in [0.15, 0.2) is 5.13 Å². The van der Waals surface area contributed by atoms with Gasteiger partial charge in [-0.2, -0.15) is 0 Å². The summed E-state index contributed by atoms with van der Waals surface area (Å²) < 4.78 is 1.04. The molecule has 0 atom stereocenters. The van der Waals surface area contributed by atoms with Crippen LogP contribution in [-0.2, 0) is 4.79 Å². The Labute approximate surface area is 143 Å². The Morgan fingerprint density at radius 2 is 1.83 bits per heavy atom. The lowest BCUT2D eigenvalue weighted by molar-refractivity contribution is -0.114. The highest BCUT2D eigenvalue weighted by atomic mass is 32.1. The van der Waals surface area contributed by atoms with Crippen LogP contribution in [0.3, 0.4) is 0 Å². The van der Waals surface area contributed by atoms with E-state index in [2.05, 4.69) is 15.6 Å². The molecule has 2 amide bonds. The number of fused-ring (bicyclic) bond motifs is 1. The standard InChI is InChI=1S/C18H17N3O2S/c1-10-4-7-14-16(8-10)24-18(20-14)21-17(23)13-6-5-11(2)15(9-13)19-12(3)22/h4-9H,1-3H3,(H,19,22)(H,20,21,23). The third kappa shape index (κ3) is 3.44. The lowest BCUT2D eigenvalue weighted by Crippen LogP contribution is -2.13. The van der Waals surface area contributed by atoms with Crippen molar-refractivity contribution in [2.24, 2.45) is 0 Å². The van der Waals surface area contributed by atoms with Gasteiger partial charge in [0.25, 0.3) is 5.91 Å². The fourth-order valence-electron chi connectivity index (χ4n) is 2.34. The molecule has 0 spiro atoms. The van der Waals surface area contributed by atoms with Crippen molar-refractivity contribution in [3.8, 4) is 0 Å². The van der Waals surface area contributed by atoms with Gasteiger partial charge in [0.1, 0.15) is 0 Å². The SMILES string of the molecule is CC(=O)Nc1cc(C(=O)Nc2nc3ccc(C)cc3s2)ccc1C. The quantitative estimate of drug-likeness (QED) is 0.754. The molecule has 0 bridgehead atoms. The number of nitrogens with one attached hydrogen (secondary N) is 2. The smallest absolute Gasteiger partial charge is 0.257 e. The molecule has 0 aliphatic carbocycles. The van der Waals surface area contributed by atoms with Crippen molar-refractivity contribution in [2.45, 2.75) is 20.8 Å². The summed E-state index contributed by atoms with van der Waals surface area (Å²) in [4.78, 5) is 28.1. The lowest BCUT2D eigenvalue weighted by Gasteiger charge is -2.09. The van der Waals surface area contributed by atoms with Gasteiger partial charge in [-0.05, 0) is 49.2 Å². The van der Waals surface area contributed by atoms with E-state index >= 15 is 0 Å². The molecule has 0 saturated heterocycles. The number of hydrogen-bond donors (Lipinski definition) is 2. The van der Waals surface area contributed by atoms with Crippen LogP contribution in [0.4, 0.5) is 10.8 Å². The molecule has 0 unspecified atom stereocenters. The summed E-state index contributed by atoms with van der Waals surface area (Å²) in [5.74, 6) is -0.422. The third-order valence-electron chi connectivity index (χ3n) is 3.57. The minimum Gasteiger partial charge on any atom is -0.326 e. The van der Waals surface area contributed by atoms with E-state index in [4.69, 9.17) is 0 Å². The molecule has 0 aliphatic rings. The van der Waals surface area contributed by atoms with Crippen LogP contribution in [0.15, 0.2) is 36.4 Å². The molecule has 6 heteroatoms. The Balaban J connectivity index is 1.84. The van der Waals surface area contributed by atoms with Gasteiger partial charge in [-0.25, -0.2) is 4.98 Å². The summed E-state index contributed by atoms with van der Waals surface area (Å²) in [6.07, 6.45) is 0. The number of anilines is 2. The van der Waals surface area contributed by atoms with E-state index in [0.717, 1.165) is 21.3 Å². The van der Waals surface area contributed by atoms with Crippen molar-refractivity contribution >= 4 is 44.2 Å². The van der Waals surface area contributed by atoms with E-state index < -0.39 is 0 Å².